The molecule has 0 aliphatic carbocycles. The Labute approximate surface area is 88.8 Å². The number of hydrogen-bond acceptors (Lipinski definition) is 3. The molecule has 3 heteroatoms. The van der Waals surface area contributed by atoms with Gasteiger partial charge in [0.1, 0.15) is 0 Å². The van der Waals surface area contributed by atoms with Crippen LogP contribution in [-0.2, 0) is 11.3 Å². The first-order chi connectivity index (χ1) is 6.36. The summed E-state index contributed by atoms with van der Waals surface area (Å²) in [6.07, 6.45) is 5.30. The van der Waals surface area contributed by atoms with E-state index in [4.69, 9.17) is 4.74 Å². The van der Waals surface area contributed by atoms with E-state index < -0.39 is 0 Å². The van der Waals surface area contributed by atoms with Crippen molar-refractivity contribution in [2.75, 3.05) is 12.9 Å². The van der Waals surface area contributed by atoms with Gasteiger partial charge in [-0.2, -0.15) is 12.6 Å². The van der Waals surface area contributed by atoms with Crippen molar-refractivity contribution in [1.82, 2.24) is 0 Å². The Hall–Kier alpha value is -0.250. The van der Waals surface area contributed by atoms with Gasteiger partial charge in [0, 0.05) is 12.0 Å². The molecule has 13 heavy (non-hydrogen) atoms. The fourth-order valence-corrected chi connectivity index (χ4v) is 1.97. The average molecular weight is 214 g/mol. The van der Waals surface area contributed by atoms with Gasteiger partial charge in [-0.05, 0) is 29.2 Å². The highest BCUT2D eigenvalue weighted by atomic mass is 32.1. The quantitative estimate of drug-likeness (QED) is 0.740. The highest BCUT2D eigenvalue weighted by Crippen LogP contribution is 2.16. The van der Waals surface area contributed by atoms with E-state index >= 15 is 0 Å². The van der Waals surface area contributed by atoms with E-state index in [2.05, 4.69) is 36.2 Å². The molecule has 1 aromatic rings. The van der Waals surface area contributed by atoms with Crippen molar-refractivity contribution in [3.8, 4) is 0 Å². The predicted molar refractivity (Wildman–Crippen MR) is 62.5 cm³/mol. The van der Waals surface area contributed by atoms with Crippen LogP contribution in [0.15, 0.2) is 17.5 Å². The molecular weight excluding hydrogens is 200 g/mol. The van der Waals surface area contributed by atoms with Crippen molar-refractivity contribution in [1.29, 1.82) is 0 Å². The third-order valence-electron chi connectivity index (χ3n) is 1.57. The first-order valence-corrected chi connectivity index (χ1v) is 5.71. The van der Waals surface area contributed by atoms with Crippen LogP contribution in [0.25, 0.3) is 6.08 Å². The van der Waals surface area contributed by atoms with Crippen molar-refractivity contribution in [2.24, 2.45) is 0 Å². The first kappa shape index (κ1) is 10.8. The SMILES string of the molecule is COCc1cc(C=CCCS)cs1. The minimum Gasteiger partial charge on any atom is -0.379 e. The number of methoxy groups -OCH3 is 1. The summed E-state index contributed by atoms with van der Waals surface area (Å²) in [7, 11) is 1.72. The third kappa shape index (κ3) is 3.98. The summed E-state index contributed by atoms with van der Waals surface area (Å²) in [5.74, 6) is 0.908. The topological polar surface area (TPSA) is 9.23 Å². The maximum atomic E-state index is 5.04. The van der Waals surface area contributed by atoms with Crippen LogP contribution < -0.4 is 0 Å². The van der Waals surface area contributed by atoms with Crippen LogP contribution in [0.2, 0.25) is 0 Å². The Balaban J connectivity index is 2.48. The molecule has 0 unspecified atom stereocenters. The van der Waals surface area contributed by atoms with Crippen molar-refractivity contribution >= 4 is 30.0 Å². The van der Waals surface area contributed by atoms with Crippen LogP contribution in [0.3, 0.4) is 0 Å². The van der Waals surface area contributed by atoms with Gasteiger partial charge < -0.3 is 4.74 Å². The number of thiophene rings is 1. The Morgan fingerprint density at radius 2 is 2.46 bits per heavy atom. The molecule has 0 saturated carbocycles. The van der Waals surface area contributed by atoms with Crippen LogP contribution in [0, 0.1) is 0 Å². The highest BCUT2D eigenvalue weighted by molar-refractivity contribution is 7.80. The van der Waals surface area contributed by atoms with E-state index in [1.165, 1.54) is 10.4 Å². The van der Waals surface area contributed by atoms with Gasteiger partial charge in [0.15, 0.2) is 0 Å². The molecule has 1 rings (SSSR count). The van der Waals surface area contributed by atoms with Crippen molar-refractivity contribution in [3.63, 3.8) is 0 Å². The largest absolute Gasteiger partial charge is 0.379 e. The molecule has 0 bridgehead atoms. The molecule has 0 aromatic carbocycles. The van der Waals surface area contributed by atoms with E-state index in [9.17, 15) is 0 Å². The molecule has 0 saturated heterocycles. The first-order valence-electron chi connectivity index (χ1n) is 4.20. The van der Waals surface area contributed by atoms with Gasteiger partial charge in [-0.25, -0.2) is 0 Å². The second-order valence-corrected chi connectivity index (χ2v) is 4.14. The van der Waals surface area contributed by atoms with E-state index in [1.807, 2.05) is 0 Å². The van der Waals surface area contributed by atoms with Crippen molar-refractivity contribution in [2.45, 2.75) is 13.0 Å². The Kier molecular flexibility index (Phi) is 5.20. The normalized spacial score (nSPS) is 11.2. The van der Waals surface area contributed by atoms with Crippen LogP contribution in [0.5, 0.6) is 0 Å². The zero-order valence-electron chi connectivity index (χ0n) is 7.69. The molecule has 0 amide bonds. The van der Waals surface area contributed by atoms with E-state index in [1.54, 1.807) is 18.4 Å². The summed E-state index contributed by atoms with van der Waals surface area (Å²) in [5.41, 5.74) is 1.26. The van der Waals surface area contributed by atoms with Crippen LogP contribution in [-0.4, -0.2) is 12.9 Å². The molecule has 1 heterocycles. The van der Waals surface area contributed by atoms with Crippen LogP contribution >= 0.6 is 24.0 Å². The van der Waals surface area contributed by atoms with Gasteiger partial charge in [-0.1, -0.05) is 12.2 Å². The van der Waals surface area contributed by atoms with E-state index in [0.29, 0.717) is 6.61 Å². The third-order valence-corrected chi connectivity index (χ3v) is 2.75. The Morgan fingerprint density at radius 1 is 1.62 bits per heavy atom. The molecule has 0 radical (unpaired) electrons. The molecule has 0 N–H and O–H groups in total. The number of allylic oxidation sites excluding steroid dienone is 1. The van der Waals surface area contributed by atoms with Gasteiger partial charge in [-0.15, -0.1) is 11.3 Å². The zero-order chi connectivity index (χ0) is 9.52. The number of rotatable bonds is 5. The lowest BCUT2D eigenvalue weighted by Crippen LogP contribution is -1.80. The van der Waals surface area contributed by atoms with Crippen LogP contribution in [0.1, 0.15) is 16.9 Å². The Morgan fingerprint density at radius 3 is 3.15 bits per heavy atom. The average Bonchev–Trinajstić information content (AvgIpc) is 2.54. The molecule has 0 aliphatic heterocycles. The summed E-state index contributed by atoms with van der Waals surface area (Å²) >= 11 is 5.87. The lowest BCUT2D eigenvalue weighted by Gasteiger charge is -1.90. The van der Waals surface area contributed by atoms with Gasteiger partial charge in [-0.3, -0.25) is 0 Å². The molecule has 0 spiro atoms. The molecular formula is C10H14OS2. The van der Waals surface area contributed by atoms with Gasteiger partial charge in [0.2, 0.25) is 0 Å². The maximum absolute atomic E-state index is 5.04. The predicted octanol–water partition coefficient (Wildman–Crippen LogP) is 3.23. The highest BCUT2D eigenvalue weighted by Gasteiger charge is 1.95. The maximum Gasteiger partial charge on any atom is 0.0805 e. The summed E-state index contributed by atoms with van der Waals surface area (Å²) in [5, 5.41) is 2.14. The smallest absolute Gasteiger partial charge is 0.0805 e. The zero-order valence-corrected chi connectivity index (χ0v) is 9.41. The monoisotopic (exact) mass is 214 g/mol. The van der Waals surface area contributed by atoms with Gasteiger partial charge in [0.05, 0.1) is 6.61 Å². The fraction of sp³-hybridized carbons (Fsp3) is 0.400. The molecule has 1 aromatic heterocycles. The lowest BCUT2D eigenvalue weighted by atomic mass is 10.2. The van der Waals surface area contributed by atoms with Crippen LogP contribution in [0.4, 0.5) is 0 Å². The molecule has 1 nitrogen and oxygen atoms in total. The van der Waals surface area contributed by atoms with E-state index in [-0.39, 0.29) is 0 Å². The number of ether oxygens (including phenoxy) is 1. The standard InChI is InChI=1S/C10H14OS2/c1-11-7-10-6-9(8-13-10)4-2-3-5-12/h2,4,6,8,12H,3,5,7H2,1H3. The van der Waals surface area contributed by atoms with Crippen molar-refractivity contribution < 1.29 is 4.74 Å². The molecule has 0 aliphatic rings. The van der Waals surface area contributed by atoms with E-state index in [0.717, 1.165) is 12.2 Å². The number of hydrogen-bond donors (Lipinski definition) is 1. The molecule has 0 fully saturated rings. The minimum atomic E-state index is 0.713. The second kappa shape index (κ2) is 6.24. The second-order valence-electron chi connectivity index (χ2n) is 2.69. The van der Waals surface area contributed by atoms with Gasteiger partial charge >= 0.3 is 0 Å². The number of thiol groups is 1. The summed E-state index contributed by atoms with van der Waals surface area (Å²) in [4.78, 5) is 1.27. The molecule has 0 atom stereocenters. The van der Waals surface area contributed by atoms with Crippen molar-refractivity contribution in [3.05, 3.63) is 28.0 Å². The Bertz CT molecular complexity index is 266. The lowest BCUT2D eigenvalue weighted by molar-refractivity contribution is 0.187. The molecule has 72 valence electrons. The summed E-state index contributed by atoms with van der Waals surface area (Å²) in [6, 6.07) is 2.16. The summed E-state index contributed by atoms with van der Waals surface area (Å²) < 4.78 is 5.04. The minimum absolute atomic E-state index is 0.713. The summed E-state index contributed by atoms with van der Waals surface area (Å²) in [6.45, 7) is 0.713. The van der Waals surface area contributed by atoms with Gasteiger partial charge in [0.25, 0.3) is 0 Å². The fourth-order valence-electron chi connectivity index (χ4n) is 0.997.